The maximum absolute atomic E-state index is 11.7. The van der Waals surface area contributed by atoms with Gasteiger partial charge < -0.3 is 9.47 Å². The molecular weight excluding hydrogens is 578 g/mol. The molecule has 1 heterocycles. The fraction of sp³-hybridized carbons (Fsp3) is 0.200. The summed E-state index contributed by atoms with van der Waals surface area (Å²) in [6.45, 7) is 1.45. The Kier molecular flexibility index (Phi) is 8.59. The van der Waals surface area contributed by atoms with Crippen molar-refractivity contribution in [3.8, 4) is 17.2 Å². The molecule has 0 radical (unpaired) electrons. The van der Waals surface area contributed by atoms with Crippen molar-refractivity contribution in [1.29, 1.82) is 0 Å². The Balaban J connectivity index is 1.66. The van der Waals surface area contributed by atoms with Crippen molar-refractivity contribution in [3.05, 3.63) is 108 Å². The maximum atomic E-state index is 11.7. The number of methoxy groups -OCH3 is 1. The van der Waals surface area contributed by atoms with Crippen LogP contribution < -0.4 is 9.47 Å². The van der Waals surface area contributed by atoms with Gasteiger partial charge >= 0.3 is 0 Å². The van der Waals surface area contributed by atoms with Crippen molar-refractivity contribution in [2.45, 2.75) is 23.9 Å². The van der Waals surface area contributed by atoms with Crippen LogP contribution in [0.1, 0.15) is 22.2 Å². The summed E-state index contributed by atoms with van der Waals surface area (Å²) in [4.78, 5) is 22.0. The van der Waals surface area contributed by atoms with Crippen LogP contribution in [-0.4, -0.2) is 38.3 Å². The smallest absolute Gasteiger partial charge is 0.269 e. The van der Waals surface area contributed by atoms with Crippen LogP contribution in [0.4, 0.5) is 5.69 Å². The fourth-order valence-electron chi connectivity index (χ4n) is 3.73. The van der Waals surface area contributed by atoms with Crippen LogP contribution in [0.15, 0.2) is 76.4 Å². The second-order valence-corrected chi connectivity index (χ2v) is 10.2. The molecule has 0 spiro atoms. The van der Waals surface area contributed by atoms with E-state index in [0.29, 0.717) is 33.6 Å². The van der Waals surface area contributed by atoms with E-state index in [-0.39, 0.29) is 17.2 Å². The van der Waals surface area contributed by atoms with Crippen molar-refractivity contribution >= 4 is 33.4 Å². The summed E-state index contributed by atoms with van der Waals surface area (Å²) < 4.78 is 13.8. The van der Waals surface area contributed by atoms with Gasteiger partial charge in [-0.2, -0.15) is 0 Å². The topological polar surface area (TPSA) is 135 Å². The zero-order valence-corrected chi connectivity index (χ0v) is 22.7. The van der Waals surface area contributed by atoms with Crippen LogP contribution in [0.25, 0.3) is 5.69 Å². The Bertz CT molecular complexity index is 1460. The van der Waals surface area contributed by atoms with E-state index in [2.05, 4.69) is 26.1 Å². The quantitative estimate of drug-likeness (QED) is 0.116. The normalized spacial score (nSPS) is 11.7. The lowest BCUT2D eigenvalue weighted by atomic mass is 10.1. The van der Waals surface area contributed by atoms with Gasteiger partial charge in [0.2, 0.25) is 6.54 Å². The van der Waals surface area contributed by atoms with Gasteiger partial charge in [-0.3, -0.25) is 24.8 Å². The van der Waals surface area contributed by atoms with E-state index in [9.17, 15) is 20.2 Å². The largest absolute Gasteiger partial charge is 0.497 e. The summed E-state index contributed by atoms with van der Waals surface area (Å²) in [7, 11) is 1.58. The van der Waals surface area contributed by atoms with Gasteiger partial charge in [-0.05, 0) is 55.0 Å². The standard InChI is InChI=1S/C25H22BrN5O6S/c1-16-27-28-25(30(16)19-7-9-21(36-2)10-8-19)38-24(14-29(32)33)22-13-18(26)6-11-23(22)37-15-17-4-3-5-20(12-17)31(34)35/h3-13,24H,14-15H2,1-2H3/t24-/m1/s1. The number of halogens is 1. The number of thioether (sulfide) groups is 1. The highest BCUT2D eigenvalue weighted by molar-refractivity contribution is 9.10. The minimum absolute atomic E-state index is 0.0443. The minimum Gasteiger partial charge on any atom is -0.497 e. The Hall–Kier alpha value is -3.97. The molecule has 0 saturated heterocycles. The lowest BCUT2D eigenvalue weighted by Gasteiger charge is -2.18. The Morgan fingerprint density at radius 2 is 1.82 bits per heavy atom. The highest BCUT2D eigenvalue weighted by Crippen LogP contribution is 2.41. The maximum Gasteiger partial charge on any atom is 0.269 e. The van der Waals surface area contributed by atoms with E-state index in [1.165, 1.54) is 23.9 Å². The molecule has 196 valence electrons. The number of nitrogens with zero attached hydrogens (tertiary/aromatic N) is 5. The summed E-state index contributed by atoms with van der Waals surface area (Å²) in [5, 5.41) is 31.1. The second-order valence-electron chi connectivity index (χ2n) is 8.08. The number of benzene rings is 3. The number of ether oxygens (including phenoxy) is 2. The lowest BCUT2D eigenvalue weighted by Crippen LogP contribution is -2.13. The van der Waals surface area contributed by atoms with Crippen LogP contribution in [0.2, 0.25) is 0 Å². The van der Waals surface area contributed by atoms with Gasteiger partial charge in [0.05, 0.1) is 12.0 Å². The number of aromatic nitrogens is 3. The molecule has 0 aliphatic carbocycles. The van der Waals surface area contributed by atoms with Crippen LogP contribution in [-0.2, 0) is 6.61 Å². The first-order chi connectivity index (χ1) is 18.2. The van der Waals surface area contributed by atoms with Crippen molar-refractivity contribution < 1.29 is 19.3 Å². The summed E-state index contributed by atoms with van der Waals surface area (Å²) in [6.07, 6.45) is 0. The monoisotopic (exact) mass is 599 g/mol. The van der Waals surface area contributed by atoms with E-state index in [4.69, 9.17) is 9.47 Å². The van der Waals surface area contributed by atoms with Crippen LogP contribution in [0.3, 0.4) is 0 Å². The van der Waals surface area contributed by atoms with Gasteiger partial charge in [-0.1, -0.05) is 39.8 Å². The van der Waals surface area contributed by atoms with Gasteiger partial charge in [0, 0.05) is 32.8 Å². The van der Waals surface area contributed by atoms with Crippen molar-refractivity contribution in [2.75, 3.05) is 13.7 Å². The number of nitro benzene ring substituents is 1. The highest BCUT2D eigenvalue weighted by atomic mass is 79.9. The van der Waals surface area contributed by atoms with Crippen molar-refractivity contribution in [3.63, 3.8) is 0 Å². The molecule has 3 aromatic carbocycles. The summed E-state index contributed by atoms with van der Waals surface area (Å²) in [6, 6.07) is 18.7. The number of aryl methyl sites for hydroxylation is 1. The number of non-ortho nitro benzene ring substituents is 1. The van der Waals surface area contributed by atoms with Crippen molar-refractivity contribution in [1.82, 2.24) is 14.8 Å². The highest BCUT2D eigenvalue weighted by Gasteiger charge is 2.27. The Labute approximate surface area is 230 Å². The third-order valence-corrected chi connectivity index (χ3v) is 7.18. The molecule has 0 aliphatic rings. The van der Waals surface area contributed by atoms with Gasteiger partial charge in [-0.25, -0.2) is 0 Å². The Morgan fingerprint density at radius 3 is 2.50 bits per heavy atom. The molecule has 38 heavy (non-hydrogen) atoms. The van der Waals surface area contributed by atoms with E-state index in [0.717, 1.165) is 10.2 Å². The third-order valence-electron chi connectivity index (χ3n) is 5.52. The van der Waals surface area contributed by atoms with E-state index in [1.807, 2.05) is 28.8 Å². The Morgan fingerprint density at radius 1 is 1.05 bits per heavy atom. The van der Waals surface area contributed by atoms with Gasteiger partial charge in [0.15, 0.2) is 5.16 Å². The average molecular weight is 600 g/mol. The molecule has 0 aliphatic heterocycles. The summed E-state index contributed by atoms with van der Waals surface area (Å²) in [5.41, 5.74) is 1.92. The first-order valence-corrected chi connectivity index (χ1v) is 12.9. The van der Waals surface area contributed by atoms with Gasteiger partial charge in [-0.15, -0.1) is 10.2 Å². The first-order valence-electron chi connectivity index (χ1n) is 11.3. The third kappa shape index (κ3) is 6.47. The van der Waals surface area contributed by atoms with Crippen LogP contribution in [0.5, 0.6) is 11.5 Å². The zero-order chi connectivity index (χ0) is 27.2. The molecule has 1 aromatic heterocycles. The average Bonchev–Trinajstić information content (AvgIpc) is 3.27. The van der Waals surface area contributed by atoms with Gasteiger partial charge in [0.25, 0.3) is 5.69 Å². The fourth-order valence-corrected chi connectivity index (χ4v) is 5.30. The minimum atomic E-state index is -0.678. The van der Waals surface area contributed by atoms with E-state index < -0.39 is 16.7 Å². The summed E-state index contributed by atoms with van der Waals surface area (Å²) >= 11 is 4.65. The molecule has 4 aromatic rings. The van der Waals surface area contributed by atoms with Gasteiger partial charge in [0.1, 0.15) is 29.2 Å². The molecule has 0 saturated carbocycles. The second kappa shape index (κ2) is 12.0. The zero-order valence-electron chi connectivity index (χ0n) is 20.3. The molecule has 0 bridgehead atoms. The molecule has 0 amide bonds. The molecule has 13 heteroatoms. The first kappa shape index (κ1) is 27.1. The van der Waals surface area contributed by atoms with Crippen LogP contribution in [0, 0.1) is 27.2 Å². The number of hydrogen-bond acceptors (Lipinski definition) is 9. The van der Waals surface area contributed by atoms with Crippen LogP contribution >= 0.6 is 27.7 Å². The number of rotatable bonds is 11. The predicted molar refractivity (Wildman–Crippen MR) is 145 cm³/mol. The predicted octanol–water partition coefficient (Wildman–Crippen LogP) is 5.94. The van der Waals surface area contributed by atoms with Crippen molar-refractivity contribution in [2.24, 2.45) is 0 Å². The van der Waals surface area contributed by atoms with E-state index >= 15 is 0 Å². The molecule has 11 nitrogen and oxygen atoms in total. The van der Waals surface area contributed by atoms with E-state index in [1.54, 1.807) is 44.4 Å². The molecular formula is C25H22BrN5O6S. The number of hydrogen-bond donors (Lipinski definition) is 0. The molecule has 0 unspecified atom stereocenters. The number of nitro groups is 2. The molecule has 4 rings (SSSR count). The molecule has 1 atom stereocenters. The SMILES string of the molecule is COc1ccc(-n2c(C)nnc2S[C@H](C[N+](=O)[O-])c2cc(Br)ccc2OCc2cccc([N+](=O)[O-])c2)cc1. The molecule has 0 fully saturated rings. The molecule has 0 N–H and O–H groups in total. The lowest BCUT2D eigenvalue weighted by molar-refractivity contribution is -0.479. The summed E-state index contributed by atoms with van der Waals surface area (Å²) in [5.74, 6) is 1.74.